The zero-order chi connectivity index (χ0) is 30.0. The fraction of sp³-hybridized carbons (Fsp3) is 0.152. The molecule has 0 unspecified atom stereocenters. The number of carbonyl (C=O) groups excluding carboxylic acids is 1. The summed E-state index contributed by atoms with van der Waals surface area (Å²) >= 11 is 0. The largest absolute Gasteiger partial charge is 0.478 e. The van der Waals surface area contributed by atoms with E-state index in [1.165, 1.54) is 18.2 Å². The summed E-state index contributed by atoms with van der Waals surface area (Å²) in [5.74, 6) is -2.09. The zero-order valence-corrected chi connectivity index (χ0v) is 23.3. The van der Waals surface area contributed by atoms with E-state index in [1.807, 2.05) is 62.3 Å². The van der Waals surface area contributed by atoms with Crippen molar-refractivity contribution >= 4 is 34.5 Å². The highest BCUT2D eigenvalue weighted by Gasteiger charge is 2.23. The van der Waals surface area contributed by atoms with Gasteiger partial charge in [-0.2, -0.15) is 0 Å². The van der Waals surface area contributed by atoms with Gasteiger partial charge in [0.05, 0.1) is 16.5 Å². The Morgan fingerprint density at radius 3 is 2.21 bits per heavy atom. The van der Waals surface area contributed by atoms with Crippen LogP contribution in [0.4, 0.5) is 5.69 Å². The van der Waals surface area contributed by atoms with Gasteiger partial charge in [0.1, 0.15) is 11.3 Å². The molecule has 42 heavy (non-hydrogen) atoms. The van der Waals surface area contributed by atoms with E-state index in [-0.39, 0.29) is 23.2 Å². The van der Waals surface area contributed by atoms with Crippen LogP contribution in [0.25, 0.3) is 33.4 Å². The molecule has 3 aromatic rings. The number of nitrogens with one attached hydrogen (secondary N) is 1. The summed E-state index contributed by atoms with van der Waals surface area (Å²) in [6.07, 6.45) is 0. The van der Waals surface area contributed by atoms with Crippen LogP contribution >= 0.6 is 0 Å². The van der Waals surface area contributed by atoms with Gasteiger partial charge in [0.25, 0.3) is 5.91 Å². The Morgan fingerprint density at radius 2 is 1.55 bits per heavy atom. The number of carbonyl (C=O) groups is 3. The van der Waals surface area contributed by atoms with Gasteiger partial charge in [-0.05, 0) is 66.6 Å². The first-order chi connectivity index (χ1) is 20.2. The van der Waals surface area contributed by atoms with Gasteiger partial charge in [-0.15, -0.1) is 0 Å². The van der Waals surface area contributed by atoms with Crippen LogP contribution in [-0.4, -0.2) is 48.7 Å². The molecule has 212 valence electrons. The van der Waals surface area contributed by atoms with Crippen molar-refractivity contribution in [1.29, 1.82) is 0 Å². The van der Waals surface area contributed by atoms with E-state index in [2.05, 4.69) is 10.3 Å². The van der Waals surface area contributed by atoms with Gasteiger partial charge in [0, 0.05) is 67.1 Å². The molecule has 0 radical (unpaired) electrons. The molecule has 5 rings (SSSR count). The highest BCUT2D eigenvalue weighted by Crippen LogP contribution is 2.42. The Hall–Kier alpha value is -5.44. The molecule has 0 aromatic heterocycles. The molecular weight excluding hydrogens is 534 g/mol. The van der Waals surface area contributed by atoms with Gasteiger partial charge >= 0.3 is 11.9 Å². The lowest BCUT2D eigenvalue weighted by molar-refractivity contribution is 0.0686. The van der Waals surface area contributed by atoms with Gasteiger partial charge in [0.15, 0.2) is 0 Å². The van der Waals surface area contributed by atoms with Crippen molar-refractivity contribution in [3.63, 3.8) is 0 Å². The van der Waals surface area contributed by atoms with Crippen LogP contribution in [0.1, 0.15) is 43.6 Å². The van der Waals surface area contributed by atoms with Gasteiger partial charge in [-0.3, -0.25) is 9.79 Å². The summed E-state index contributed by atoms with van der Waals surface area (Å²) < 4.78 is 6.31. The third kappa shape index (κ3) is 5.57. The number of nitrogens with zero attached hydrogens (tertiary/aromatic N) is 2. The van der Waals surface area contributed by atoms with E-state index in [1.54, 1.807) is 24.3 Å². The molecule has 1 heterocycles. The maximum absolute atomic E-state index is 13.0. The fourth-order valence-electron chi connectivity index (χ4n) is 4.85. The standard InChI is InChI=1S/C33H29N3O6/c1-4-34-22-10-13-25-28(16-22)42-29-17-23(36(2)3)11-14-26(29)30(25)24-12-9-21(15-27(24)33(40)41)31(37)35-18-19-5-7-20(8-6-19)32(38)39/h5-17H,4,18H2,1-3H3,(H,35,37)(H,38,39)(H,40,41)/b34-22+. The van der Waals surface area contributed by atoms with Crippen LogP contribution in [-0.2, 0) is 6.54 Å². The van der Waals surface area contributed by atoms with Crippen molar-refractivity contribution in [1.82, 2.24) is 5.32 Å². The molecule has 0 saturated heterocycles. The van der Waals surface area contributed by atoms with Gasteiger partial charge in [-0.25, -0.2) is 9.59 Å². The van der Waals surface area contributed by atoms with E-state index < -0.39 is 17.8 Å². The number of hydrogen-bond donors (Lipinski definition) is 3. The minimum Gasteiger partial charge on any atom is -0.478 e. The molecule has 1 aliphatic carbocycles. The molecule has 0 bridgehead atoms. The summed E-state index contributed by atoms with van der Waals surface area (Å²) in [6, 6.07) is 22.1. The van der Waals surface area contributed by atoms with Crippen LogP contribution in [0.5, 0.6) is 0 Å². The second kappa shape index (κ2) is 11.6. The van der Waals surface area contributed by atoms with Crippen LogP contribution in [0.15, 0.2) is 88.3 Å². The number of benzene rings is 4. The van der Waals surface area contributed by atoms with Crippen molar-refractivity contribution in [3.8, 4) is 22.5 Å². The molecule has 0 saturated carbocycles. The fourth-order valence-corrected chi connectivity index (χ4v) is 4.85. The maximum Gasteiger partial charge on any atom is 0.336 e. The molecule has 2 aliphatic rings. The normalized spacial score (nSPS) is 11.5. The minimum absolute atomic E-state index is 0.0266. The molecule has 3 aromatic carbocycles. The second-order valence-corrected chi connectivity index (χ2v) is 9.96. The average Bonchev–Trinajstić information content (AvgIpc) is 2.98. The van der Waals surface area contributed by atoms with Crippen molar-refractivity contribution in [2.45, 2.75) is 13.5 Å². The summed E-state index contributed by atoms with van der Waals surface area (Å²) in [6.45, 7) is 2.71. The first-order valence-corrected chi connectivity index (χ1v) is 13.3. The smallest absolute Gasteiger partial charge is 0.336 e. The monoisotopic (exact) mass is 563 g/mol. The summed E-state index contributed by atoms with van der Waals surface area (Å²) in [5, 5.41) is 23.6. The summed E-state index contributed by atoms with van der Waals surface area (Å²) in [5.41, 5.74) is 4.38. The number of carboxylic acid groups (broad SMARTS) is 2. The van der Waals surface area contributed by atoms with E-state index in [9.17, 15) is 19.5 Å². The Kier molecular flexibility index (Phi) is 7.75. The van der Waals surface area contributed by atoms with E-state index in [4.69, 9.17) is 9.52 Å². The number of aromatic carboxylic acids is 2. The average molecular weight is 564 g/mol. The van der Waals surface area contributed by atoms with Gasteiger partial charge < -0.3 is 24.8 Å². The van der Waals surface area contributed by atoms with Gasteiger partial charge in [0.2, 0.25) is 0 Å². The minimum atomic E-state index is -1.17. The number of carboxylic acids is 2. The molecule has 9 heteroatoms. The summed E-state index contributed by atoms with van der Waals surface area (Å²) in [4.78, 5) is 43.1. The number of anilines is 1. The molecule has 3 N–H and O–H groups in total. The number of rotatable bonds is 8. The third-order valence-corrected chi connectivity index (χ3v) is 6.98. The predicted octanol–water partition coefficient (Wildman–Crippen LogP) is 5.52. The van der Waals surface area contributed by atoms with Crippen molar-refractivity contribution in [2.24, 2.45) is 4.99 Å². The highest BCUT2D eigenvalue weighted by molar-refractivity contribution is 6.09. The van der Waals surface area contributed by atoms with Crippen LogP contribution in [0.2, 0.25) is 0 Å². The first kappa shape index (κ1) is 28.1. The molecule has 0 spiro atoms. The number of fused-ring (bicyclic) bond motifs is 2. The van der Waals surface area contributed by atoms with E-state index >= 15 is 0 Å². The number of amides is 1. The van der Waals surface area contributed by atoms with Crippen LogP contribution in [0.3, 0.4) is 0 Å². The third-order valence-electron chi connectivity index (χ3n) is 6.98. The lowest BCUT2D eigenvalue weighted by Gasteiger charge is -2.19. The zero-order valence-electron chi connectivity index (χ0n) is 23.3. The highest BCUT2D eigenvalue weighted by atomic mass is 16.4. The summed E-state index contributed by atoms with van der Waals surface area (Å²) in [7, 11) is 3.86. The molecule has 0 fully saturated rings. The molecular formula is C33H29N3O6. The molecule has 9 nitrogen and oxygen atoms in total. The van der Waals surface area contributed by atoms with Crippen LogP contribution in [0, 0.1) is 0 Å². The SMILES string of the molecule is CC/N=c1\ccc2c(-c3ccc(C(=O)NCc4ccc(C(=O)O)cc4)cc3C(=O)O)c3ccc(N(C)C)cc3oc-2c1. The van der Waals surface area contributed by atoms with E-state index in [0.29, 0.717) is 34.6 Å². The predicted molar refractivity (Wildman–Crippen MR) is 160 cm³/mol. The molecule has 1 amide bonds. The Labute approximate surface area is 241 Å². The Balaban J connectivity index is 1.59. The first-order valence-electron chi connectivity index (χ1n) is 13.3. The topological polar surface area (TPSA) is 132 Å². The second-order valence-electron chi connectivity index (χ2n) is 9.96. The van der Waals surface area contributed by atoms with E-state index in [0.717, 1.165) is 22.0 Å². The molecule has 0 atom stereocenters. The lowest BCUT2D eigenvalue weighted by atomic mass is 9.89. The molecule has 1 aliphatic heterocycles. The van der Waals surface area contributed by atoms with Crippen molar-refractivity contribution in [3.05, 3.63) is 106 Å². The maximum atomic E-state index is 13.0. The van der Waals surface area contributed by atoms with Crippen LogP contribution < -0.4 is 15.6 Å². The number of hydrogen-bond acceptors (Lipinski definition) is 6. The lowest BCUT2D eigenvalue weighted by Crippen LogP contribution is -2.23. The van der Waals surface area contributed by atoms with Crippen molar-refractivity contribution in [2.75, 3.05) is 25.5 Å². The van der Waals surface area contributed by atoms with Crippen molar-refractivity contribution < 1.29 is 29.0 Å². The van der Waals surface area contributed by atoms with Gasteiger partial charge in [-0.1, -0.05) is 18.2 Å². The Bertz CT molecular complexity index is 1870. The Morgan fingerprint density at radius 1 is 0.833 bits per heavy atom. The quantitative estimate of drug-likeness (QED) is 0.212.